The van der Waals surface area contributed by atoms with E-state index >= 15 is 0 Å². The first-order valence-electron chi connectivity index (χ1n) is 10.8. The molecule has 0 unspecified atom stereocenters. The van der Waals surface area contributed by atoms with Gasteiger partial charge in [0.05, 0.1) is 35.5 Å². The van der Waals surface area contributed by atoms with Crippen LogP contribution in [0.3, 0.4) is 0 Å². The Morgan fingerprint density at radius 2 is 2.03 bits per heavy atom. The second-order valence-electron chi connectivity index (χ2n) is 8.21. The molecule has 1 saturated carbocycles. The van der Waals surface area contributed by atoms with E-state index in [9.17, 15) is 18.8 Å². The van der Waals surface area contributed by atoms with E-state index in [1.54, 1.807) is 41.9 Å². The van der Waals surface area contributed by atoms with Gasteiger partial charge in [0, 0.05) is 23.5 Å². The number of benzene rings is 2. The predicted octanol–water partition coefficient (Wildman–Crippen LogP) is 3.23. The number of carbonyl (C=O) groups excluding carboxylic acids is 3. The number of hydrogen-bond acceptors (Lipinski definition) is 5. The van der Waals surface area contributed by atoms with E-state index in [0.29, 0.717) is 16.8 Å². The van der Waals surface area contributed by atoms with Gasteiger partial charge in [-0.2, -0.15) is 5.10 Å². The second-order valence-corrected chi connectivity index (χ2v) is 8.62. The highest BCUT2D eigenvalue weighted by molar-refractivity contribution is 6.30. The van der Waals surface area contributed by atoms with Crippen LogP contribution in [0.4, 0.5) is 4.39 Å². The molecule has 2 aromatic carbocycles. The van der Waals surface area contributed by atoms with Crippen molar-refractivity contribution in [3.8, 4) is 0 Å². The maximum absolute atomic E-state index is 14.1. The third kappa shape index (κ3) is 5.04. The number of aromatic nitrogens is 2. The number of rotatable bonds is 8. The van der Waals surface area contributed by atoms with Gasteiger partial charge >= 0.3 is 5.97 Å². The fourth-order valence-corrected chi connectivity index (χ4v) is 4.01. The number of halogens is 2. The number of nitrogens with one attached hydrogen (secondary N) is 1. The van der Waals surface area contributed by atoms with Gasteiger partial charge in [0.2, 0.25) is 11.8 Å². The van der Waals surface area contributed by atoms with Crippen LogP contribution in [-0.2, 0) is 27.4 Å². The highest BCUT2D eigenvalue weighted by atomic mass is 35.5. The summed E-state index contributed by atoms with van der Waals surface area (Å²) < 4.78 is 20.4. The SMILES string of the molecule is COC(=O)c1ccc2c(c1)c(C)nn2CC(=O)N(CC(=O)NCc1cccc(Cl)c1F)C1CC1. The van der Waals surface area contributed by atoms with Crippen molar-refractivity contribution in [2.45, 2.75) is 38.9 Å². The summed E-state index contributed by atoms with van der Waals surface area (Å²) in [6, 6.07) is 9.62. The van der Waals surface area contributed by atoms with Gasteiger partial charge in [0.25, 0.3) is 0 Å². The largest absolute Gasteiger partial charge is 0.465 e. The van der Waals surface area contributed by atoms with Crippen LogP contribution in [0.2, 0.25) is 5.02 Å². The normalized spacial score (nSPS) is 13.1. The summed E-state index contributed by atoms with van der Waals surface area (Å²) in [4.78, 5) is 39.0. The molecule has 10 heteroatoms. The zero-order valence-corrected chi connectivity index (χ0v) is 19.6. The molecule has 1 heterocycles. The molecule has 178 valence electrons. The lowest BCUT2D eigenvalue weighted by atomic mass is 10.1. The molecule has 0 saturated heterocycles. The maximum atomic E-state index is 14.1. The minimum Gasteiger partial charge on any atom is -0.465 e. The lowest BCUT2D eigenvalue weighted by Gasteiger charge is -2.22. The molecule has 0 spiro atoms. The number of esters is 1. The van der Waals surface area contributed by atoms with Gasteiger partial charge in [-0.25, -0.2) is 9.18 Å². The zero-order chi connectivity index (χ0) is 24.4. The van der Waals surface area contributed by atoms with E-state index in [-0.39, 0.29) is 48.1 Å². The van der Waals surface area contributed by atoms with Gasteiger partial charge in [-0.3, -0.25) is 14.3 Å². The molecule has 1 aliphatic carbocycles. The lowest BCUT2D eigenvalue weighted by Crippen LogP contribution is -2.43. The van der Waals surface area contributed by atoms with Crippen LogP contribution in [0.5, 0.6) is 0 Å². The zero-order valence-electron chi connectivity index (χ0n) is 18.8. The van der Waals surface area contributed by atoms with Crippen LogP contribution >= 0.6 is 11.6 Å². The minimum atomic E-state index is -0.573. The Morgan fingerprint density at radius 3 is 2.74 bits per heavy atom. The smallest absolute Gasteiger partial charge is 0.337 e. The highest BCUT2D eigenvalue weighted by Crippen LogP contribution is 2.28. The van der Waals surface area contributed by atoms with E-state index < -0.39 is 11.8 Å². The molecule has 34 heavy (non-hydrogen) atoms. The van der Waals surface area contributed by atoms with E-state index in [0.717, 1.165) is 18.2 Å². The van der Waals surface area contributed by atoms with Crippen molar-refractivity contribution in [1.82, 2.24) is 20.0 Å². The summed E-state index contributed by atoms with van der Waals surface area (Å²) in [5, 5.41) is 7.84. The fraction of sp³-hybridized carbons (Fsp3) is 0.333. The Balaban J connectivity index is 1.44. The molecule has 1 fully saturated rings. The average Bonchev–Trinajstić information content (AvgIpc) is 3.62. The lowest BCUT2D eigenvalue weighted by molar-refractivity contribution is -0.137. The molecule has 1 aromatic heterocycles. The van der Waals surface area contributed by atoms with Crippen LogP contribution in [0.1, 0.15) is 34.5 Å². The second kappa shape index (κ2) is 9.80. The summed E-state index contributed by atoms with van der Waals surface area (Å²) in [6.07, 6.45) is 1.65. The van der Waals surface area contributed by atoms with Crippen LogP contribution in [0.25, 0.3) is 10.9 Å². The molecule has 8 nitrogen and oxygen atoms in total. The molecule has 4 rings (SSSR count). The molecular weight excluding hydrogens is 463 g/mol. The van der Waals surface area contributed by atoms with Crippen molar-refractivity contribution in [2.75, 3.05) is 13.7 Å². The van der Waals surface area contributed by atoms with Gasteiger partial charge in [0.15, 0.2) is 0 Å². The number of fused-ring (bicyclic) bond motifs is 1. The molecular formula is C24H24ClFN4O4. The molecule has 2 amide bonds. The molecule has 1 aliphatic rings. The van der Waals surface area contributed by atoms with Crippen molar-refractivity contribution in [3.63, 3.8) is 0 Å². The van der Waals surface area contributed by atoms with E-state index in [1.165, 1.54) is 18.1 Å². The first kappa shape index (κ1) is 23.7. The van der Waals surface area contributed by atoms with Crippen LogP contribution in [-0.4, -0.2) is 52.2 Å². The van der Waals surface area contributed by atoms with E-state index in [4.69, 9.17) is 16.3 Å². The average molecular weight is 487 g/mol. The van der Waals surface area contributed by atoms with Crippen molar-refractivity contribution in [1.29, 1.82) is 0 Å². The first-order valence-corrected chi connectivity index (χ1v) is 11.2. The van der Waals surface area contributed by atoms with Crippen LogP contribution in [0, 0.1) is 12.7 Å². The number of ether oxygens (including phenoxy) is 1. The van der Waals surface area contributed by atoms with Gasteiger partial charge in [-0.15, -0.1) is 0 Å². The third-order valence-electron chi connectivity index (χ3n) is 5.77. The predicted molar refractivity (Wildman–Crippen MR) is 124 cm³/mol. The molecule has 3 aromatic rings. The number of carbonyl (C=O) groups is 3. The van der Waals surface area contributed by atoms with Gasteiger partial charge in [0.1, 0.15) is 12.4 Å². The maximum Gasteiger partial charge on any atom is 0.337 e. The summed E-state index contributed by atoms with van der Waals surface area (Å²) >= 11 is 5.78. The van der Waals surface area contributed by atoms with Crippen molar-refractivity contribution in [3.05, 3.63) is 64.1 Å². The topological polar surface area (TPSA) is 93.5 Å². The third-order valence-corrected chi connectivity index (χ3v) is 6.06. The van der Waals surface area contributed by atoms with Crippen LogP contribution in [0.15, 0.2) is 36.4 Å². The Kier molecular flexibility index (Phi) is 6.83. The minimum absolute atomic E-state index is 0.00462. The van der Waals surface area contributed by atoms with Crippen molar-refractivity contribution < 1.29 is 23.5 Å². The van der Waals surface area contributed by atoms with Crippen molar-refractivity contribution >= 4 is 40.3 Å². The Morgan fingerprint density at radius 1 is 1.26 bits per heavy atom. The van der Waals surface area contributed by atoms with Gasteiger partial charge < -0.3 is 15.0 Å². The van der Waals surface area contributed by atoms with Crippen LogP contribution < -0.4 is 5.32 Å². The standard InChI is InChI=1S/C24H24ClFN4O4/c1-14-18-10-15(24(33)34-2)6-9-20(18)30(28-14)13-22(32)29(17-7-8-17)12-21(31)27-11-16-4-3-5-19(25)23(16)26/h3-6,9-10,17H,7-8,11-13H2,1-2H3,(H,27,31). The molecule has 0 atom stereocenters. The van der Waals surface area contributed by atoms with Gasteiger partial charge in [-0.1, -0.05) is 23.7 Å². The summed E-state index contributed by atoms with van der Waals surface area (Å²) in [5.41, 5.74) is 2.05. The number of nitrogens with zero attached hydrogens (tertiary/aromatic N) is 3. The van der Waals surface area contributed by atoms with Gasteiger partial charge in [-0.05, 0) is 44.0 Å². The Labute approximate surface area is 200 Å². The Bertz CT molecular complexity index is 1270. The monoisotopic (exact) mass is 486 g/mol. The Hall–Kier alpha value is -3.46. The highest BCUT2D eigenvalue weighted by Gasteiger charge is 2.34. The molecule has 0 bridgehead atoms. The molecule has 0 aliphatic heterocycles. The number of hydrogen-bond donors (Lipinski definition) is 1. The molecule has 0 radical (unpaired) electrons. The summed E-state index contributed by atoms with van der Waals surface area (Å²) in [6.45, 7) is 1.60. The van der Waals surface area contributed by atoms with E-state index in [2.05, 4.69) is 10.4 Å². The first-order chi connectivity index (χ1) is 16.3. The molecule has 1 N–H and O–H groups in total. The summed E-state index contributed by atoms with van der Waals surface area (Å²) in [7, 11) is 1.32. The fourth-order valence-electron chi connectivity index (χ4n) is 3.82. The quantitative estimate of drug-likeness (QED) is 0.493. The number of methoxy groups -OCH3 is 1. The number of aryl methyl sites for hydroxylation is 1. The van der Waals surface area contributed by atoms with Crippen molar-refractivity contribution in [2.24, 2.45) is 0 Å². The number of amides is 2. The summed E-state index contributed by atoms with van der Waals surface area (Å²) in [5.74, 6) is -1.65. The van der Waals surface area contributed by atoms with E-state index in [1.807, 2.05) is 0 Å².